The average molecular weight is 293 g/mol. The fourth-order valence-corrected chi connectivity index (χ4v) is 2.28. The predicted molar refractivity (Wildman–Crippen MR) is 84.9 cm³/mol. The minimum Gasteiger partial charge on any atom is -0.457 e. The van der Waals surface area contributed by atoms with E-state index in [0.29, 0.717) is 11.1 Å². The molecule has 3 rings (SSSR count). The number of esters is 1. The Hall–Kier alpha value is -2.88. The lowest BCUT2D eigenvalue weighted by Crippen LogP contribution is -2.15. The van der Waals surface area contributed by atoms with Crippen LogP contribution in [0.3, 0.4) is 0 Å². The van der Waals surface area contributed by atoms with Crippen molar-refractivity contribution in [1.29, 1.82) is 0 Å². The Kier molecular flexibility index (Phi) is 3.74. The number of pyridine rings is 1. The van der Waals surface area contributed by atoms with Crippen LogP contribution in [0.15, 0.2) is 59.4 Å². The van der Waals surface area contributed by atoms with Gasteiger partial charge in [-0.2, -0.15) is 0 Å². The summed E-state index contributed by atoms with van der Waals surface area (Å²) in [7, 11) is 0. The molecular formula is C18H15NO3. The van der Waals surface area contributed by atoms with E-state index in [1.54, 1.807) is 30.3 Å². The van der Waals surface area contributed by atoms with Gasteiger partial charge in [-0.05, 0) is 42.6 Å². The first-order valence-electron chi connectivity index (χ1n) is 6.98. The number of H-pyrrole nitrogens is 1. The van der Waals surface area contributed by atoms with E-state index in [2.05, 4.69) is 4.98 Å². The Morgan fingerprint density at radius 1 is 1.09 bits per heavy atom. The lowest BCUT2D eigenvalue weighted by Gasteiger charge is -2.06. The van der Waals surface area contributed by atoms with Gasteiger partial charge in [-0.1, -0.05) is 29.8 Å². The summed E-state index contributed by atoms with van der Waals surface area (Å²) in [6.45, 7) is 1.94. The number of ether oxygens (including phenoxy) is 1. The van der Waals surface area contributed by atoms with Crippen molar-refractivity contribution in [3.8, 4) is 0 Å². The highest BCUT2D eigenvalue weighted by Gasteiger charge is 2.09. The van der Waals surface area contributed by atoms with E-state index in [1.807, 2.05) is 31.2 Å². The summed E-state index contributed by atoms with van der Waals surface area (Å²) >= 11 is 0. The van der Waals surface area contributed by atoms with Gasteiger partial charge in [-0.15, -0.1) is 0 Å². The lowest BCUT2D eigenvalue weighted by molar-refractivity contribution is 0.0471. The second-order valence-electron chi connectivity index (χ2n) is 5.16. The van der Waals surface area contributed by atoms with Crippen molar-refractivity contribution >= 4 is 16.9 Å². The minimum absolute atomic E-state index is 0.0487. The average Bonchev–Trinajstić information content (AvgIpc) is 2.54. The van der Waals surface area contributed by atoms with Crippen molar-refractivity contribution in [2.24, 2.45) is 0 Å². The van der Waals surface area contributed by atoms with Crippen molar-refractivity contribution in [3.63, 3.8) is 0 Å². The number of benzene rings is 2. The first kappa shape index (κ1) is 14.1. The number of aryl methyl sites for hydroxylation is 1. The molecule has 0 aliphatic rings. The largest absolute Gasteiger partial charge is 0.457 e. The second kappa shape index (κ2) is 5.85. The van der Waals surface area contributed by atoms with Gasteiger partial charge in [0.2, 0.25) is 0 Å². The van der Waals surface area contributed by atoms with Crippen LogP contribution in [0.5, 0.6) is 0 Å². The summed E-state index contributed by atoms with van der Waals surface area (Å²) in [5.74, 6) is -0.440. The Bertz CT molecular complexity index is 882. The number of carbonyl (C=O) groups is 1. The zero-order chi connectivity index (χ0) is 15.5. The second-order valence-corrected chi connectivity index (χ2v) is 5.16. The van der Waals surface area contributed by atoms with Crippen molar-refractivity contribution < 1.29 is 9.53 Å². The highest BCUT2D eigenvalue weighted by molar-refractivity contribution is 5.89. The van der Waals surface area contributed by atoms with E-state index in [-0.39, 0.29) is 12.2 Å². The number of nitrogens with one attached hydrogen (secondary N) is 1. The molecule has 1 heterocycles. The third kappa shape index (κ3) is 2.91. The molecule has 0 aliphatic carbocycles. The fraction of sp³-hybridized carbons (Fsp3) is 0.111. The smallest absolute Gasteiger partial charge is 0.338 e. The van der Waals surface area contributed by atoms with Gasteiger partial charge in [-0.3, -0.25) is 4.79 Å². The van der Waals surface area contributed by atoms with E-state index in [9.17, 15) is 9.59 Å². The molecule has 0 amide bonds. The first-order chi connectivity index (χ1) is 10.6. The van der Waals surface area contributed by atoms with Gasteiger partial charge in [0.25, 0.3) is 5.56 Å². The zero-order valence-electron chi connectivity index (χ0n) is 12.1. The van der Waals surface area contributed by atoms with Gasteiger partial charge in [0, 0.05) is 5.52 Å². The summed E-state index contributed by atoms with van der Waals surface area (Å²) < 4.78 is 5.22. The van der Waals surface area contributed by atoms with Crippen molar-refractivity contribution in [2.45, 2.75) is 13.5 Å². The monoisotopic (exact) mass is 293 g/mol. The SMILES string of the molecule is Cc1ccc2[nH]c(=O)c(COC(=O)c3ccccc3)cc2c1. The molecule has 0 saturated carbocycles. The van der Waals surface area contributed by atoms with E-state index in [1.165, 1.54) is 0 Å². The predicted octanol–water partition coefficient (Wildman–Crippen LogP) is 3.19. The molecule has 0 bridgehead atoms. The van der Waals surface area contributed by atoms with Gasteiger partial charge >= 0.3 is 5.97 Å². The molecule has 22 heavy (non-hydrogen) atoms. The third-order valence-electron chi connectivity index (χ3n) is 3.44. The molecule has 110 valence electrons. The molecule has 0 saturated heterocycles. The van der Waals surface area contributed by atoms with Crippen molar-refractivity contribution in [2.75, 3.05) is 0 Å². The van der Waals surface area contributed by atoms with E-state index in [0.717, 1.165) is 16.5 Å². The topological polar surface area (TPSA) is 59.2 Å². The molecule has 4 heteroatoms. The number of aromatic nitrogens is 1. The fourth-order valence-electron chi connectivity index (χ4n) is 2.28. The number of rotatable bonds is 3. The number of fused-ring (bicyclic) bond motifs is 1. The number of hydrogen-bond acceptors (Lipinski definition) is 3. The van der Waals surface area contributed by atoms with Crippen LogP contribution < -0.4 is 5.56 Å². The standard InChI is InChI=1S/C18H15NO3/c1-12-7-8-16-14(9-12)10-15(17(20)19-16)11-22-18(21)13-5-3-2-4-6-13/h2-10H,11H2,1H3,(H,19,20). The van der Waals surface area contributed by atoms with Gasteiger partial charge in [-0.25, -0.2) is 4.79 Å². The lowest BCUT2D eigenvalue weighted by atomic mass is 10.1. The van der Waals surface area contributed by atoms with Crippen LogP contribution in [-0.4, -0.2) is 11.0 Å². The minimum atomic E-state index is -0.440. The van der Waals surface area contributed by atoms with Crippen LogP contribution in [0.2, 0.25) is 0 Å². The maximum Gasteiger partial charge on any atom is 0.338 e. The number of hydrogen-bond donors (Lipinski definition) is 1. The molecule has 0 radical (unpaired) electrons. The zero-order valence-corrected chi connectivity index (χ0v) is 12.1. The quantitative estimate of drug-likeness (QED) is 0.754. The number of aromatic amines is 1. The molecule has 0 aliphatic heterocycles. The Morgan fingerprint density at radius 3 is 2.64 bits per heavy atom. The Balaban J connectivity index is 1.83. The van der Waals surface area contributed by atoms with Crippen LogP contribution in [0.4, 0.5) is 0 Å². The molecule has 2 aromatic carbocycles. The van der Waals surface area contributed by atoms with Crippen LogP contribution in [0, 0.1) is 6.92 Å². The van der Waals surface area contributed by atoms with Gasteiger partial charge in [0.05, 0.1) is 11.1 Å². The van der Waals surface area contributed by atoms with Crippen LogP contribution in [0.1, 0.15) is 21.5 Å². The van der Waals surface area contributed by atoms with Gasteiger partial charge in [0.1, 0.15) is 6.61 Å². The van der Waals surface area contributed by atoms with Gasteiger partial charge < -0.3 is 9.72 Å². The summed E-state index contributed by atoms with van der Waals surface area (Å²) in [5, 5.41) is 0.922. The Morgan fingerprint density at radius 2 is 1.86 bits per heavy atom. The number of carbonyl (C=O) groups excluding carboxylic acids is 1. The molecule has 3 aromatic rings. The van der Waals surface area contributed by atoms with E-state index < -0.39 is 5.97 Å². The third-order valence-corrected chi connectivity index (χ3v) is 3.44. The summed E-state index contributed by atoms with van der Waals surface area (Å²) in [6.07, 6.45) is 0. The highest BCUT2D eigenvalue weighted by atomic mass is 16.5. The summed E-state index contributed by atoms with van der Waals surface area (Å²) in [4.78, 5) is 26.7. The summed E-state index contributed by atoms with van der Waals surface area (Å²) in [6, 6.07) is 16.3. The maximum atomic E-state index is 12.0. The summed E-state index contributed by atoms with van der Waals surface area (Å²) in [5.41, 5.74) is 2.54. The molecule has 1 aromatic heterocycles. The molecule has 0 atom stereocenters. The molecular weight excluding hydrogens is 278 g/mol. The molecule has 0 unspecified atom stereocenters. The van der Waals surface area contributed by atoms with E-state index >= 15 is 0 Å². The normalized spacial score (nSPS) is 10.6. The first-order valence-corrected chi connectivity index (χ1v) is 6.98. The van der Waals surface area contributed by atoms with Crippen LogP contribution in [0.25, 0.3) is 10.9 Å². The highest BCUT2D eigenvalue weighted by Crippen LogP contribution is 2.14. The molecule has 4 nitrogen and oxygen atoms in total. The van der Waals surface area contributed by atoms with Gasteiger partial charge in [0.15, 0.2) is 0 Å². The van der Waals surface area contributed by atoms with E-state index in [4.69, 9.17) is 4.74 Å². The molecule has 0 fully saturated rings. The van der Waals surface area contributed by atoms with Crippen LogP contribution >= 0.6 is 0 Å². The molecule has 0 spiro atoms. The maximum absolute atomic E-state index is 12.0. The molecule has 1 N–H and O–H groups in total. The van der Waals surface area contributed by atoms with Crippen molar-refractivity contribution in [1.82, 2.24) is 4.98 Å². The van der Waals surface area contributed by atoms with Crippen molar-refractivity contribution in [3.05, 3.63) is 81.6 Å². The Labute approximate surface area is 127 Å². The van der Waals surface area contributed by atoms with Crippen LogP contribution in [-0.2, 0) is 11.3 Å².